The topological polar surface area (TPSA) is 74.4 Å². The first kappa shape index (κ1) is 10.0. The Labute approximate surface area is 100 Å². The van der Waals surface area contributed by atoms with Crippen LogP contribution in [0.4, 0.5) is 0 Å². The lowest BCUT2D eigenvalue weighted by atomic mass is 10.1. The highest BCUT2D eigenvalue weighted by Gasteiger charge is 2.09. The van der Waals surface area contributed by atoms with Gasteiger partial charge in [0.1, 0.15) is 0 Å². The van der Waals surface area contributed by atoms with E-state index in [4.69, 9.17) is 11.6 Å². The summed E-state index contributed by atoms with van der Waals surface area (Å²) < 4.78 is 0. The highest BCUT2D eigenvalue weighted by atomic mass is 35.5. The van der Waals surface area contributed by atoms with Crippen LogP contribution in [0.25, 0.3) is 22.3 Å². The lowest BCUT2D eigenvalue weighted by Crippen LogP contribution is -2.11. The van der Waals surface area contributed by atoms with Crippen LogP contribution in [-0.4, -0.2) is 20.2 Å². The van der Waals surface area contributed by atoms with Crippen LogP contribution >= 0.6 is 11.6 Å². The van der Waals surface area contributed by atoms with E-state index in [2.05, 4.69) is 20.2 Å². The molecule has 3 aromatic rings. The number of H-pyrrole nitrogens is 2. The minimum Gasteiger partial charge on any atom is -0.303 e. The number of rotatable bonds is 1. The Morgan fingerprint density at radius 1 is 1.24 bits per heavy atom. The van der Waals surface area contributed by atoms with Gasteiger partial charge in [-0.25, -0.2) is 4.79 Å². The van der Waals surface area contributed by atoms with Gasteiger partial charge in [0.15, 0.2) is 0 Å². The summed E-state index contributed by atoms with van der Waals surface area (Å²) in [5, 5.41) is 7.89. The van der Waals surface area contributed by atoms with Gasteiger partial charge in [-0.3, -0.25) is 5.10 Å². The van der Waals surface area contributed by atoms with Crippen LogP contribution in [0, 0.1) is 0 Å². The summed E-state index contributed by atoms with van der Waals surface area (Å²) in [6.07, 6.45) is 1.62. The summed E-state index contributed by atoms with van der Waals surface area (Å²) in [5.74, 6) is 0. The van der Waals surface area contributed by atoms with E-state index in [0.29, 0.717) is 16.2 Å². The maximum Gasteiger partial charge on any atom is 0.346 e. The molecule has 1 aromatic carbocycles. The molecular formula is C11H7ClN4O. The van der Waals surface area contributed by atoms with Crippen LogP contribution in [0.3, 0.4) is 0 Å². The second-order valence-corrected chi connectivity index (χ2v) is 3.93. The molecule has 0 spiro atoms. The van der Waals surface area contributed by atoms with Crippen molar-refractivity contribution in [1.29, 1.82) is 0 Å². The minimum absolute atomic E-state index is 0.435. The van der Waals surface area contributed by atoms with Gasteiger partial charge in [-0.1, -0.05) is 23.7 Å². The van der Waals surface area contributed by atoms with Gasteiger partial charge in [0, 0.05) is 11.6 Å². The molecule has 6 heteroatoms. The lowest BCUT2D eigenvalue weighted by molar-refractivity contribution is 1.07. The fourth-order valence-corrected chi connectivity index (χ4v) is 1.96. The molecule has 0 radical (unpaired) electrons. The molecule has 2 heterocycles. The number of aromatic amines is 2. The third-order valence-electron chi connectivity index (χ3n) is 2.47. The lowest BCUT2D eigenvalue weighted by Gasteiger charge is -2.04. The normalized spacial score (nSPS) is 10.9. The van der Waals surface area contributed by atoms with Crippen molar-refractivity contribution in [3.63, 3.8) is 0 Å². The van der Waals surface area contributed by atoms with E-state index < -0.39 is 5.69 Å². The van der Waals surface area contributed by atoms with Crippen LogP contribution in [0.1, 0.15) is 0 Å². The summed E-state index contributed by atoms with van der Waals surface area (Å²) in [4.78, 5) is 18.0. The number of para-hydroxylation sites is 1. The fraction of sp³-hybridized carbons (Fsp3) is 0. The molecule has 17 heavy (non-hydrogen) atoms. The molecule has 2 N–H and O–H groups in total. The van der Waals surface area contributed by atoms with Crippen LogP contribution in [0.2, 0.25) is 5.02 Å². The molecule has 0 amide bonds. The van der Waals surface area contributed by atoms with Crippen LogP contribution in [0.5, 0.6) is 0 Å². The SMILES string of the molecule is O=c1nc2c(Cl)cccc2c(-c2ccn[nH]2)[nH]1. The minimum atomic E-state index is -0.435. The highest BCUT2D eigenvalue weighted by Crippen LogP contribution is 2.26. The number of nitrogens with zero attached hydrogens (tertiary/aromatic N) is 2. The van der Waals surface area contributed by atoms with Gasteiger partial charge in [0.25, 0.3) is 0 Å². The molecule has 0 saturated heterocycles. The Balaban J connectivity index is 2.46. The van der Waals surface area contributed by atoms with Gasteiger partial charge in [0.05, 0.1) is 21.9 Å². The standard InChI is InChI=1S/C11H7ClN4O/c12-7-3-1-2-6-9(7)14-11(17)15-10(6)8-4-5-13-16-8/h1-5H,(H,13,16)(H,14,15,17). The average Bonchev–Trinajstić information content (AvgIpc) is 2.83. The van der Waals surface area contributed by atoms with Crippen molar-refractivity contribution < 1.29 is 0 Å². The van der Waals surface area contributed by atoms with E-state index >= 15 is 0 Å². The molecule has 0 bridgehead atoms. The van der Waals surface area contributed by atoms with Crippen molar-refractivity contribution >= 4 is 22.5 Å². The van der Waals surface area contributed by atoms with Gasteiger partial charge in [-0.2, -0.15) is 10.1 Å². The molecule has 84 valence electrons. The number of nitrogens with one attached hydrogen (secondary N) is 2. The van der Waals surface area contributed by atoms with Gasteiger partial charge in [0.2, 0.25) is 0 Å². The highest BCUT2D eigenvalue weighted by molar-refractivity contribution is 6.35. The largest absolute Gasteiger partial charge is 0.346 e. The Morgan fingerprint density at radius 2 is 2.12 bits per heavy atom. The molecule has 0 fully saturated rings. The quantitative estimate of drug-likeness (QED) is 0.689. The summed E-state index contributed by atoms with van der Waals surface area (Å²) in [6.45, 7) is 0. The Morgan fingerprint density at radius 3 is 2.88 bits per heavy atom. The van der Waals surface area contributed by atoms with E-state index in [-0.39, 0.29) is 0 Å². The molecule has 0 aliphatic heterocycles. The maximum atomic E-state index is 11.5. The average molecular weight is 247 g/mol. The van der Waals surface area contributed by atoms with Crippen LogP contribution in [-0.2, 0) is 0 Å². The maximum absolute atomic E-state index is 11.5. The van der Waals surface area contributed by atoms with E-state index in [9.17, 15) is 4.79 Å². The van der Waals surface area contributed by atoms with Gasteiger partial charge in [-0.15, -0.1) is 0 Å². The Bertz CT molecular complexity index is 733. The molecule has 0 aliphatic rings. The van der Waals surface area contributed by atoms with E-state index in [0.717, 1.165) is 11.1 Å². The molecule has 3 rings (SSSR count). The second-order valence-electron chi connectivity index (χ2n) is 3.52. The molecule has 0 unspecified atom stereocenters. The monoisotopic (exact) mass is 246 g/mol. The second kappa shape index (κ2) is 3.71. The van der Waals surface area contributed by atoms with Crippen molar-refractivity contribution in [3.05, 3.63) is 46.0 Å². The zero-order valence-electron chi connectivity index (χ0n) is 8.57. The number of fused-ring (bicyclic) bond motifs is 1. The summed E-state index contributed by atoms with van der Waals surface area (Å²) in [7, 11) is 0. The van der Waals surface area contributed by atoms with Crippen molar-refractivity contribution in [2.45, 2.75) is 0 Å². The van der Waals surface area contributed by atoms with E-state index in [1.54, 1.807) is 18.3 Å². The van der Waals surface area contributed by atoms with Crippen molar-refractivity contribution in [2.75, 3.05) is 0 Å². The fourth-order valence-electron chi connectivity index (χ4n) is 1.74. The Hall–Kier alpha value is -2.14. The number of hydrogen-bond donors (Lipinski definition) is 2. The number of hydrogen-bond acceptors (Lipinski definition) is 3. The van der Waals surface area contributed by atoms with Crippen LogP contribution < -0.4 is 5.69 Å². The zero-order valence-corrected chi connectivity index (χ0v) is 9.32. The van der Waals surface area contributed by atoms with Crippen molar-refractivity contribution in [1.82, 2.24) is 20.2 Å². The molecule has 2 aromatic heterocycles. The molecule has 0 aliphatic carbocycles. The molecule has 5 nitrogen and oxygen atoms in total. The number of benzene rings is 1. The van der Waals surface area contributed by atoms with Crippen molar-refractivity contribution in [3.8, 4) is 11.4 Å². The molecular weight excluding hydrogens is 240 g/mol. The first-order valence-corrected chi connectivity index (χ1v) is 5.32. The first-order valence-electron chi connectivity index (χ1n) is 4.94. The number of aromatic nitrogens is 4. The van der Waals surface area contributed by atoms with Crippen LogP contribution in [0.15, 0.2) is 35.3 Å². The summed E-state index contributed by atoms with van der Waals surface area (Å²) >= 11 is 6.02. The van der Waals surface area contributed by atoms with Gasteiger partial charge >= 0.3 is 5.69 Å². The predicted molar refractivity (Wildman–Crippen MR) is 65.0 cm³/mol. The zero-order chi connectivity index (χ0) is 11.8. The third kappa shape index (κ3) is 1.60. The molecule has 0 atom stereocenters. The summed E-state index contributed by atoms with van der Waals surface area (Å²) in [6, 6.07) is 7.13. The van der Waals surface area contributed by atoms with E-state index in [1.807, 2.05) is 12.1 Å². The predicted octanol–water partition coefficient (Wildman–Crippen LogP) is 1.97. The smallest absolute Gasteiger partial charge is 0.303 e. The van der Waals surface area contributed by atoms with Gasteiger partial charge in [-0.05, 0) is 12.1 Å². The Kier molecular flexibility index (Phi) is 2.19. The van der Waals surface area contributed by atoms with E-state index in [1.165, 1.54) is 0 Å². The number of halogens is 1. The molecule has 0 saturated carbocycles. The van der Waals surface area contributed by atoms with Gasteiger partial charge < -0.3 is 4.98 Å². The third-order valence-corrected chi connectivity index (χ3v) is 2.78. The summed E-state index contributed by atoms with van der Waals surface area (Å²) in [5.41, 5.74) is 1.41. The van der Waals surface area contributed by atoms with Crippen molar-refractivity contribution in [2.24, 2.45) is 0 Å². The first-order chi connectivity index (χ1) is 8.25.